The first-order valence-electron chi connectivity index (χ1n) is 10.6. The lowest BCUT2D eigenvalue weighted by Gasteiger charge is -2.37. The summed E-state index contributed by atoms with van der Waals surface area (Å²) in [5, 5.41) is 13.3. The molecule has 0 unspecified atom stereocenters. The highest BCUT2D eigenvalue weighted by atomic mass is 35.5. The van der Waals surface area contributed by atoms with Crippen molar-refractivity contribution in [1.29, 1.82) is 0 Å². The standard InChI is InChI=1S/C25H20Cl2N2O4S/c26-16-8-10-21(27)23(12-16)29-34(32,33)17-9-11-22-20(13-17)18-2-1-3-19(18)24(28-22)14-4-6-15(7-5-14)25(30)31/h1-2,4-13,18-19,24,28-29H,3H2,(H,30,31)/t18-,19+,24+/m0/s1. The number of carbonyl (C=O) groups is 1. The van der Waals surface area contributed by atoms with Gasteiger partial charge in [0.05, 0.1) is 27.2 Å². The van der Waals surface area contributed by atoms with E-state index in [4.69, 9.17) is 23.2 Å². The number of fused-ring (bicyclic) bond motifs is 3. The van der Waals surface area contributed by atoms with Crippen LogP contribution in [-0.4, -0.2) is 19.5 Å². The number of nitrogens with one attached hydrogen (secondary N) is 2. The van der Waals surface area contributed by atoms with Gasteiger partial charge in [-0.3, -0.25) is 4.72 Å². The fraction of sp³-hybridized carbons (Fsp3) is 0.160. The van der Waals surface area contributed by atoms with Crippen molar-refractivity contribution >= 4 is 50.6 Å². The SMILES string of the molecule is O=C(O)c1ccc([C@H]2Nc3ccc(S(=O)(=O)Nc4cc(Cl)ccc4Cl)cc3[C@H]3C=CC[C@H]32)cc1. The molecule has 1 aliphatic carbocycles. The smallest absolute Gasteiger partial charge is 0.335 e. The van der Waals surface area contributed by atoms with Crippen LogP contribution in [0.1, 0.15) is 39.9 Å². The molecule has 0 saturated carbocycles. The number of hydrogen-bond donors (Lipinski definition) is 3. The Balaban J connectivity index is 1.47. The summed E-state index contributed by atoms with van der Waals surface area (Å²) in [5.41, 5.74) is 3.19. The van der Waals surface area contributed by atoms with Gasteiger partial charge in [0.15, 0.2) is 0 Å². The van der Waals surface area contributed by atoms with E-state index in [1.54, 1.807) is 36.4 Å². The third-order valence-corrected chi connectivity index (χ3v) is 8.26. The predicted octanol–water partition coefficient (Wildman–Crippen LogP) is 6.32. The van der Waals surface area contributed by atoms with Crippen molar-refractivity contribution in [3.05, 3.63) is 99.6 Å². The topological polar surface area (TPSA) is 95.5 Å². The van der Waals surface area contributed by atoms with Crippen molar-refractivity contribution in [1.82, 2.24) is 0 Å². The summed E-state index contributed by atoms with van der Waals surface area (Å²) < 4.78 is 28.8. The van der Waals surface area contributed by atoms with Crippen LogP contribution < -0.4 is 10.0 Å². The largest absolute Gasteiger partial charge is 0.478 e. The third kappa shape index (κ3) is 4.15. The number of rotatable bonds is 5. The molecule has 2 aliphatic rings. The molecule has 0 fully saturated rings. The van der Waals surface area contributed by atoms with Crippen molar-refractivity contribution in [2.45, 2.75) is 23.3 Å². The van der Waals surface area contributed by atoms with Crippen LogP contribution in [0.5, 0.6) is 0 Å². The van der Waals surface area contributed by atoms with Crippen molar-refractivity contribution in [3.63, 3.8) is 0 Å². The molecule has 3 aromatic carbocycles. The van der Waals surface area contributed by atoms with E-state index in [-0.39, 0.29) is 39.0 Å². The number of sulfonamides is 1. The van der Waals surface area contributed by atoms with Gasteiger partial charge >= 0.3 is 5.97 Å². The zero-order valence-corrected chi connectivity index (χ0v) is 20.0. The van der Waals surface area contributed by atoms with E-state index in [1.807, 2.05) is 12.1 Å². The third-order valence-electron chi connectivity index (χ3n) is 6.33. The number of carboxylic acids is 1. The summed E-state index contributed by atoms with van der Waals surface area (Å²) in [4.78, 5) is 11.3. The van der Waals surface area contributed by atoms with Crippen LogP contribution >= 0.6 is 23.2 Å². The Hall–Kier alpha value is -3.00. The van der Waals surface area contributed by atoms with E-state index in [0.717, 1.165) is 23.2 Å². The highest BCUT2D eigenvalue weighted by Crippen LogP contribution is 2.50. The molecule has 9 heteroatoms. The Labute approximate surface area is 207 Å². The van der Waals surface area contributed by atoms with Crippen molar-refractivity contribution in [2.75, 3.05) is 10.0 Å². The molecular formula is C25H20Cl2N2O4S. The Morgan fingerprint density at radius 2 is 1.79 bits per heavy atom. The Bertz CT molecular complexity index is 1420. The van der Waals surface area contributed by atoms with Gasteiger partial charge in [0.2, 0.25) is 0 Å². The van der Waals surface area contributed by atoms with Gasteiger partial charge in [-0.25, -0.2) is 13.2 Å². The minimum absolute atomic E-state index is 0.0267. The second-order valence-electron chi connectivity index (χ2n) is 8.38. The summed E-state index contributed by atoms with van der Waals surface area (Å²) in [6.07, 6.45) is 5.05. The zero-order chi connectivity index (χ0) is 24.0. The van der Waals surface area contributed by atoms with Gasteiger partial charge in [-0.1, -0.05) is 47.5 Å². The number of aromatic carboxylic acids is 1. The minimum atomic E-state index is -3.89. The van der Waals surface area contributed by atoms with Gasteiger partial charge in [-0.05, 0) is 72.0 Å². The van der Waals surface area contributed by atoms with E-state index in [9.17, 15) is 18.3 Å². The Kier molecular flexibility index (Phi) is 5.80. The molecule has 1 aliphatic heterocycles. The Morgan fingerprint density at radius 1 is 1.03 bits per heavy atom. The maximum absolute atomic E-state index is 13.1. The molecule has 3 atom stereocenters. The minimum Gasteiger partial charge on any atom is -0.478 e. The van der Waals surface area contributed by atoms with Crippen LogP contribution in [0.25, 0.3) is 0 Å². The summed E-state index contributed by atoms with van der Waals surface area (Å²) >= 11 is 12.1. The second-order valence-corrected chi connectivity index (χ2v) is 10.9. The van der Waals surface area contributed by atoms with Gasteiger partial charge in [0, 0.05) is 16.6 Å². The quantitative estimate of drug-likeness (QED) is 0.346. The van der Waals surface area contributed by atoms with Crippen LogP contribution in [0.15, 0.2) is 77.7 Å². The van der Waals surface area contributed by atoms with E-state index in [0.29, 0.717) is 5.02 Å². The molecule has 1 heterocycles. The maximum atomic E-state index is 13.1. The van der Waals surface area contributed by atoms with E-state index in [1.165, 1.54) is 12.1 Å². The highest BCUT2D eigenvalue weighted by Gasteiger charge is 2.38. The first kappa shape index (κ1) is 22.8. The maximum Gasteiger partial charge on any atom is 0.335 e. The summed E-state index contributed by atoms with van der Waals surface area (Å²) in [6, 6.07) is 16.5. The van der Waals surface area contributed by atoms with Crippen LogP contribution in [0, 0.1) is 5.92 Å². The molecular weight excluding hydrogens is 495 g/mol. The van der Waals surface area contributed by atoms with Crippen LogP contribution in [0.3, 0.4) is 0 Å². The highest BCUT2D eigenvalue weighted by molar-refractivity contribution is 7.92. The fourth-order valence-electron chi connectivity index (χ4n) is 4.68. The number of allylic oxidation sites excluding steroid dienone is 2. The molecule has 5 rings (SSSR count). The van der Waals surface area contributed by atoms with Crippen LogP contribution in [0.4, 0.5) is 11.4 Å². The molecule has 0 radical (unpaired) electrons. The molecule has 0 spiro atoms. The summed E-state index contributed by atoms with van der Waals surface area (Å²) in [6.45, 7) is 0. The lowest BCUT2D eigenvalue weighted by atomic mass is 9.77. The number of benzene rings is 3. The second kappa shape index (κ2) is 8.65. The van der Waals surface area contributed by atoms with Gasteiger partial charge in [0.1, 0.15) is 0 Å². The van der Waals surface area contributed by atoms with E-state index in [2.05, 4.69) is 22.2 Å². The van der Waals surface area contributed by atoms with Crippen LogP contribution in [-0.2, 0) is 10.0 Å². The number of carboxylic acid groups (broad SMARTS) is 1. The predicted molar refractivity (Wildman–Crippen MR) is 133 cm³/mol. The average Bonchev–Trinajstić information content (AvgIpc) is 3.31. The van der Waals surface area contributed by atoms with E-state index >= 15 is 0 Å². The van der Waals surface area contributed by atoms with Gasteiger partial charge < -0.3 is 10.4 Å². The normalized spacial score (nSPS) is 20.8. The lowest BCUT2D eigenvalue weighted by Crippen LogP contribution is -2.29. The molecule has 3 aromatic rings. The summed E-state index contributed by atoms with van der Waals surface area (Å²) in [5.74, 6) is -0.753. The number of hydrogen-bond acceptors (Lipinski definition) is 4. The first-order chi connectivity index (χ1) is 16.2. The molecule has 3 N–H and O–H groups in total. The number of halogens is 2. The lowest BCUT2D eigenvalue weighted by molar-refractivity contribution is 0.0697. The number of anilines is 2. The van der Waals surface area contributed by atoms with Crippen molar-refractivity contribution in [3.8, 4) is 0 Å². The molecule has 6 nitrogen and oxygen atoms in total. The Morgan fingerprint density at radius 3 is 2.53 bits per heavy atom. The first-order valence-corrected chi connectivity index (χ1v) is 12.8. The monoisotopic (exact) mass is 514 g/mol. The molecule has 0 bridgehead atoms. The van der Waals surface area contributed by atoms with Gasteiger partial charge in [0.25, 0.3) is 10.0 Å². The molecule has 34 heavy (non-hydrogen) atoms. The van der Waals surface area contributed by atoms with Crippen molar-refractivity contribution in [2.24, 2.45) is 5.92 Å². The fourth-order valence-corrected chi connectivity index (χ4v) is 6.18. The van der Waals surface area contributed by atoms with Crippen molar-refractivity contribution < 1.29 is 18.3 Å². The molecule has 174 valence electrons. The molecule has 0 saturated heterocycles. The van der Waals surface area contributed by atoms with E-state index < -0.39 is 16.0 Å². The van der Waals surface area contributed by atoms with Crippen LogP contribution in [0.2, 0.25) is 10.0 Å². The molecule has 0 amide bonds. The molecule has 0 aromatic heterocycles. The van der Waals surface area contributed by atoms with Gasteiger partial charge in [-0.2, -0.15) is 0 Å². The summed E-state index contributed by atoms with van der Waals surface area (Å²) in [7, 11) is -3.89. The zero-order valence-electron chi connectivity index (χ0n) is 17.7. The van der Waals surface area contributed by atoms with Gasteiger partial charge in [-0.15, -0.1) is 0 Å². The average molecular weight is 515 g/mol.